The van der Waals surface area contributed by atoms with Gasteiger partial charge >= 0.3 is 0 Å². The molecule has 2 aliphatic heterocycles. The zero-order valence-electron chi connectivity index (χ0n) is 19.9. The molecule has 7 nitrogen and oxygen atoms in total. The number of hydrogen-bond donors (Lipinski definition) is 3. The van der Waals surface area contributed by atoms with Gasteiger partial charge in [-0.2, -0.15) is 0 Å². The highest BCUT2D eigenvalue weighted by Gasteiger charge is 2.46. The Bertz CT molecular complexity index is 1290. The minimum Gasteiger partial charge on any atom is -0.361 e. The van der Waals surface area contributed by atoms with Crippen LogP contribution in [-0.2, 0) is 11.2 Å². The Hall–Kier alpha value is -3.29. The molecule has 180 valence electrons. The van der Waals surface area contributed by atoms with Crippen LogP contribution in [0.5, 0.6) is 0 Å². The molecule has 0 bridgehead atoms. The third kappa shape index (κ3) is 4.19. The topological polar surface area (TPSA) is 87.6 Å². The van der Waals surface area contributed by atoms with E-state index in [4.69, 9.17) is 0 Å². The minimum absolute atomic E-state index is 0.151. The summed E-state index contributed by atoms with van der Waals surface area (Å²) in [5.74, 6) is 0.567. The van der Waals surface area contributed by atoms with Crippen molar-refractivity contribution in [2.24, 2.45) is 5.41 Å². The Kier molecular flexibility index (Phi) is 5.96. The number of hydrogen-bond acceptors (Lipinski definition) is 5. The van der Waals surface area contributed by atoms with Crippen molar-refractivity contribution in [3.05, 3.63) is 78.5 Å². The number of nitrogens with one attached hydrogen (secondary N) is 3. The average Bonchev–Trinajstić information content (AvgIpc) is 3.68. The molecular formula is C28H32N6O. The summed E-state index contributed by atoms with van der Waals surface area (Å²) in [6.45, 7) is 2.69. The van der Waals surface area contributed by atoms with E-state index in [0.717, 1.165) is 62.9 Å². The van der Waals surface area contributed by atoms with Crippen LogP contribution in [0.2, 0.25) is 0 Å². The van der Waals surface area contributed by atoms with Gasteiger partial charge in [-0.1, -0.05) is 30.3 Å². The second-order valence-electron chi connectivity index (χ2n) is 10.1. The second-order valence-corrected chi connectivity index (χ2v) is 10.1. The molecule has 2 saturated heterocycles. The molecule has 0 saturated carbocycles. The summed E-state index contributed by atoms with van der Waals surface area (Å²) in [6.07, 6.45) is 10.2. The molecule has 0 spiro atoms. The molecule has 2 atom stereocenters. The van der Waals surface area contributed by atoms with Crippen molar-refractivity contribution in [3.8, 4) is 5.69 Å². The monoisotopic (exact) mass is 468 g/mol. The number of aromatic nitrogens is 4. The first kappa shape index (κ1) is 22.2. The maximum absolute atomic E-state index is 14.3. The van der Waals surface area contributed by atoms with Crippen molar-refractivity contribution in [2.45, 2.75) is 44.1 Å². The van der Waals surface area contributed by atoms with Gasteiger partial charge in [0.25, 0.3) is 0 Å². The van der Waals surface area contributed by atoms with Gasteiger partial charge in [0.1, 0.15) is 12.7 Å². The minimum atomic E-state index is -0.277. The van der Waals surface area contributed by atoms with Crippen LogP contribution < -0.4 is 10.6 Å². The summed E-state index contributed by atoms with van der Waals surface area (Å²) < 4.78 is 1.92. The Labute approximate surface area is 205 Å². The van der Waals surface area contributed by atoms with E-state index in [0.29, 0.717) is 5.78 Å². The molecule has 35 heavy (non-hydrogen) atoms. The number of carbonyl (C=O) groups is 1. The SMILES string of the molecule is O=C(C1NCCC1c1c[nH]c2ccc(-n3cnnc3)cc12)C1(CCc2ccccc2)CCNCC1. The number of aryl methyl sites for hydroxylation is 1. The van der Waals surface area contributed by atoms with Crippen molar-refractivity contribution < 1.29 is 4.79 Å². The molecule has 2 unspecified atom stereocenters. The Morgan fingerprint density at radius 1 is 1.03 bits per heavy atom. The maximum atomic E-state index is 14.3. The molecule has 0 amide bonds. The number of piperidine rings is 1. The van der Waals surface area contributed by atoms with Gasteiger partial charge < -0.3 is 15.6 Å². The summed E-state index contributed by atoms with van der Waals surface area (Å²) in [5.41, 5.74) is 4.38. The van der Waals surface area contributed by atoms with Crippen molar-refractivity contribution >= 4 is 16.7 Å². The van der Waals surface area contributed by atoms with Gasteiger partial charge in [-0.3, -0.25) is 9.36 Å². The van der Waals surface area contributed by atoms with Crippen LogP contribution >= 0.6 is 0 Å². The Morgan fingerprint density at radius 2 is 1.83 bits per heavy atom. The van der Waals surface area contributed by atoms with E-state index in [1.54, 1.807) is 12.7 Å². The number of carbonyl (C=O) groups excluding carboxylic acids is 1. The summed E-state index contributed by atoms with van der Waals surface area (Å²) in [5, 5.41) is 16.2. The smallest absolute Gasteiger partial charge is 0.156 e. The van der Waals surface area contributed by atoms with E-state index in [1.807, 2.05) is 4.57 Å². The Morgan fingerprint density at radius 3 is 2.63 bits per heavy atom. The maximum Gasteiger partial charge on any atom is 0.156 e. The van der Waals surface area contributed by atoms with Crippen LogP contribution in [-0.4, -0.2) is 51.2 Å². The van der Waals surface area contributed by atoms with Gasteiger partial charge in [0, 0.05) is 34.1 Å². The van der Waals surface area contributed by atoms with Crippen LogP contribution in [0, 0.1) is 5.41 Å². The zero-order chi connectivity index (χ0) is 23.7. The standard InChI is InChI=1S/C28H32N6O/c35-27(28(11-14-29-15-12-28)10-8-20-4-2-1-3-5-20)26-22(9-13-30-26)24-17-31-25-7-6-21(16-23(24)25)34-18-32-33-19-34/h1-7,16-19,22,26,29-31H,8-15H2. The predicted molar refractivity (Wildman–Crippen MR) is 137 cm³/mol. The van der Waals surface area contributed by atoms with Crippen LogP contribution in [0.3, 0.4) is 0 Å². The highest BCUT2D eigenvalue weighted by atomic mass is 16.1. The summed E-state index contributed by atoms with van der Waals surface area (Å²) >= 11 is 0. The number of Topliss-reactive ketones (excluding diaryl/α,β-unsaturated/α-hetero) is 1. The summed E-state index contributed by atoms with van der Waals surface area (Å²) in [6, 6.07) is 16.8. The normalized spacial score (nSPS) is 21.9. The molecule has 0 aliphatic carbocycles. The van der Waals surface area contributed by atoms with Gasteiger partial charge in [-0.05, 0) is 81.1 Å². The Balaban J connectivity index is 1.30. The van der Waals surface area contributed by atoms with E-state index >= 15 is 0 Å². The molecule has 6 rings (SSSR count). The van der Waals surface area contributed by atoms with Crippen LogP contribution in [0.4, 0.5) is 0 Å². The molecule has 2 aromatic carbocycles. The number of benzene rings is 2. The first-order valence-electron chi connectivity index (χ1n) is 12.7. The molecule has 0 radical (unpaired) electrons. The van der Waals surface area contributed by atoms with Crippen molar-refractivity contribution in [1.82, 2.24) is 30.4 Å². The van der Waals surface area contributed by atoms with E-state index in [1.165, 1.54) is 16.5 Å². The molecule has 2 fully saturated rings. The lowest BCUT2D eigenvalue weighted by molar-refractivity contribution is -0.133. The molecule has 7 heteroatoms. The number of aromatic amines is 1. The van der Waals surface area contributed by atoms with Crippen LogP contribution in [0.15, 0.2) is 67.4 Å². The van der Waals surface area contributed by atoms with Gasteiger partial charge in [0.05, 0.1) is 6.04 Å². The zero-order valence-corrected chi connectivity index (χ0v) is 19.9. The number of fused-ring (bicyclic) bond motifs is 1. The third-order valence-electron chi connectivity index (χ3n) is 8.14. The largest absolute Gasteiger partial charge is 0.361 e. The lowest BCUT2D eigenvalue weighted by atomic mass is 9.67. The van der Waals surface area contributed by atoms with E-state index in [2.05, 4.69) is 80.5 Å². The fourth-order valence-electron chi connectivity index (χ4n) is 6.13. The molecule has 4 heterocycles. The van der Waals surface area contributed by atoms with Gasteiger partial charge in [0.15, 0.2) is 5.78 Å². The van der Waals surface area contributed by atoms with Gasteiger partial charge in [0.2, 0.25) is 0 Å². The van der Waals surface area contributed by atoms with Gasteiger partial charge in [-0.25, -0.2) is 0 Å². The van der Waals surface area contributed by atoms with Crippen LogP contribution in [0.25, 0.3) is 16.6 Å². The first-order valence-corrected chi connectivity index (χ1v) is 12.7. The highest BCUT2D eigenvalue weighted by molar-refractivity contribution is 5.93. The summed E-state index contributed by atoms with van der Waals surface area (Å²) in [7, 11) is 0. The number of nitrogens with zero attached hydrogens (tertiary/aromatic N) is 3. The van der Waals surface area contributed by atoms with E-state index in [9.17, 15) is 4.79 Å². The number of H-pyrrole nitrogens is 1. The average molecular weight is 469 g/mol. The molecule has 4 aromatic rings. The van der Waals surface area contributed by atoms with Gasteiger partial charge in [-0.15, -0.1) is 10.2 Å². The number of rotatable bonds is 7. The fraction of sp³-hybridized carbons (Fsp3) is 0.393. The van der Waals surface area contributed by atoms with Crippen molar-refractivity contribution in [3.63, 3.8) is 0 Å². The van der Waals surface area contributed by atoms with Crippen molar-refractivity contribution in [1.29, 1.82) is 0 Å². The first-order chi connectivity index (χ1) is 17.2. The molecule has 2 aromatic heterocycles. The third-order valence-corrected chi connectivity index (χ3v) is 8.14. The molecule has 3 N–H and O–H groups in total. The molecule has 2 aliphatic rings. The summed E-state index contributed by atoms with van der Waals surface area (Å²) in [4.78, 5) is 17.8. The lowest BCUT2D eigenvalue weighted by Gasteiger charge is -2.39. The number of ketones is 1. The van der Waals surface area contributed by atoms with E-state index in [-0.39, 0.29) is 17.4 Å². The predicted octanol–water partition coefficient (Wildman–Crippen LogP) is 3.77. The van der Waals surface area contributed by atoms with E-state index < -0.39 is 0 Å². The second kappa shape index (κ2) is 9.40. The van der Waals surface area contributed by atoms with Crippen molar-refractivity contribution in [2.75, 3.05) is 19.6 Å². The quantitative estimate of drug-likeness (QED) is 0.384. The fourth-order valence-corrected chi connectivity index (χ4v) is 6.13. The molecular weight excluding hydrogens is 436 g/mol. The van der Waals surface area contributed by atoms with Crippen LogP contribution in [0.1, 0.15) is 42.7 Å². The highest BCUT2D eigenvalue weighted by Crippen LogP contribution is 2.42. The lowest BCUT2D eigenvalue weighted by Crippen LogP contribution is -2.50.